The normalized spacial score (nSPS) is 12.5. The highest BCUT2D eigenvalue weighted by Gasteiger charge is 2.14. The molecule has 0 aromatic carbocycles. The Balaban J connectivity index is 3.93. The van der Waals surface area contributed by atoms with Gasteiger partial charge in [0.25, 0.3) is 0 Å². The van der Waals surface area contributed by atoms with E-state index in [1.807, 2.05) is 0 Å². The Morgan fingerprint density at radius 1 is 0.440 bits per heavy atom. The van der Waals surface area contributed by atoms with Crippen molar-refractivity contribution in [2.75, 3.05) is 0 Å². The Morgan fingerprint density at radius 2 is 0.780 bits per heavy atom. The van der Waals surface area contributed by atoms with Gasteiger partial charge in [0.1, 0.15) is 6.10 Å². The first-order chi connectivity index (χ1) is 24.6. The Kier molecular flexibility index (Phi) is 40.0. The minimum absolute atomic E-state index is 0.0205. The van der Waals surface area contributed by atoms with E-state index < -0.39 is 5.97 Å². The van der Waals surface area contributed by atoms with Gasteiger partial charge >= 0.3 is 11.9 Å². The Labute approximate surface area is 311 Å². The molecule has 0 rings (SSSR count). The largest absolute Gasteiger partial charge is 0.481 e. The quantitative estimate of drug-likeness (QED) is 0.0393. The van der Waals surface area contributed by atoms with E-state index in [9.17, 15) is 9.59 Å². The number of carboxylic acid groups (broad SMARTS) is 1. The SMILES string of the molecule is CCCCC/C=C\C/C=C\CCCC/C=C\CCCCCCCC(=O)OC(CCCCCCCCCCCCCC)CCCCCCC(=O)O. The number of unbranched alkanes of at least 4 members (excludes halogenated alkanes) is 25. The molecule has 0 saturated carbocycles. The summed E-state index contributed by atoms with van der Waals surface area (Å²) in [5, 5.41) is 8.87. The second kappa shape index (κ2) is 41.6. The maximum atomic E-state index is 12.7. The Morgan fingerprint density at radius 3 is 1.26 bits per heavy atom. The van der Waals surface area contributed by atoms with Crippen LogP contribution in [0.4, 0.5) is 0 Å². The average molecular weight is 701 g/mol. The number of carbonyl (C=O) groups is 2. The van der Waals surface area contributed by atoms with Gasteiger partial charge in [0, 0.05) is 12.8 Å². The van der Waals surface area contributed by atoms with E-state index in [0.29, 0.717) is 6.42 Å². The van der Waals surface area contributed by atoms with Crippen molar-refractivity contribution in [3.05, 3.63) is 36.5 Å². The van der Waals surface area contributed by atoms with Crippen LogP contribution in [-0.2, 0) is 14.3 Å². The number of carbonyl (C=O) groups excluding carboxylic acids is 1. The van der Waals surface area contributed by atoms with Gasteiger partial charge < -0.3 is 9.84 Å². The highest BCUT2D eigenvalue weighted by atomic mass is 16.5. The lowest BCUT2D eigenvalue weighted by molar-refractivity contribution is -0.150. The van der Waals surface area contributed by atoms with Gasteiger partial charge in [-0.3, -0.25) is 9.59 Å². The van der Waals surface area contributed by atoms with Crippen molar-refractivity contribution in [1.82, 2.24) is 0 Å². The molecule has 0 aliphatic rings. The molecule has 0 spiro atoms. The monoisotopic (exact) mass is 701 g/mol. The summed E-state index contributed by atoms with van der Waals surface area (Å²) in [4.78, 5) is 23.5. The Bertz CT molecular complexity index is 798. The van der Waals surface area contributed by atoms with Crippen LogP contribution in [0.5, 0.6) is 0 Å². The molecule has 0 saturated heterocycles. The first-order valence-electron chi connectivity index (χ1n) is 22.0. The van der Waals surface area contributed by atoms with E-state index in [2.05, 4.69) is 50.3 Å². The lowest BCUT2D eigenvalue weighted by Crippen LogP contribution is -2.18. The van der Waals surface area contributed by atoms with Crippen LogP contribution in [0.2, 0.25) is 0 Å². The van der Waals surface area contributed by atoms with Crippen LogP contribution in [0.15, 0.2) is 36.5 Å². The van der Waals surface area contributed by atoms with Crippen molar-refractivity contribution in [2.24, 2.45) is 0 Å². The summed E-state index contributed by atoms with van der Waals surface area (Å²) in [6.07, 6.45) is 54.6. The number of ether oxygens (including phenoxy) is 1. The van der Waals surface area contributed by atoms with Gasteiger partial charge in [-0.25, -0.2) is 0 Å². The molecule has 0 bridgehead atoms. The fraction of sp³-hybridized carbons (Fsp3) is 0.826. The van der Waals surface area contributed by atoms with Crippen LogP contribution < -0.4 is 0 Å². The Hall–Kier alpha value is -1.84. The van der Waals surface area contributed by atoms with E-state index in [0.717, 1.165) is 64.2 Å². The molecule has 0 aromatic rings. The summed E-state index contributed by atoms with van der Waals surface area (Å²) in [6.45, 7) is 4.53. The van der Waals surface area contributed by atoms with Gasteiger partial charge in [-0.15, -0.1) is 0 Å². The third kappa shape index (κ3) is 40.6. The smallest absolute Gasteiger partial charge is 0.306 e. The summed E-state index contributed by atoms with van der Waals surface area (Å²) < 4.78 is 5.99. The standard InChI is InChI=1S/C46H84O4/c1-3-5-7-9-11-13-15-17-18-19-20-21-22-23-24-25-27-29-31-33-39-43-46(49)50-44(41-37-34-35-38-42-45(47)48)40-36-32-30-28-26-16-14-12-10-8-6-4-2/h11,13,17-18,23-24,44H,3-10,12,14-16,19-22,25-43H2,1-2H3,(H,47,48)/b13-11-,18-17-,24-23-. The van der Waals surface area contributed by atoms with Gasteiger partial charge in [-0.2, -0.15) is 0 Å². The second-order valence-corrected chi connectivity index (χ2v) is 14.9. The summed E-state index contributed by atoms with van der Waals surface area (Å²) in [5.74, 6) is -0.731. The number of aliphatic carboxylic acids is 1. The molecule has 0 heterocycles. The third-order valence-electron chi connectivity index (χ3n) is 9.83. The zero-order valence-corrected chi connectivity index (χ0v) is 33.5. The van der Waals surface area contributed by atoms with Crippen LogP contribution in [0.1, 0.15) is 239 Å². The fourth-order valence-corrected chi connectivity index (χ4v) is 6.56. The number of rotatable bonds is 40. The van der Waals surface area contributed by atoms with Gasteiger partial charge in [0.15, 0.2) is 0 Å². The molecular weight excluding hydrogens is 617 g/mol. The zero-order valence-electron chi connectivity index (χ0n) is 33.5. The van der Waals surface area contributed by atoms with E-state index in [1.165, 1.54) is 148 Å². The van der Waals surface area contributed by atoms with Gasteiger partial charge in [0.05, 0.1) is 0 Å². The number of carboxylic acids is 1. The number of hydrogen-bond donors (Lipinski definition) is 1. The first kappa shape index (κ1) is 48.2. The lowest BCUT2D eigenvalue weighted by atomic mass is 10.0. The van der Waals surface area contributed by atoms with Crippen LogP contribution in [0.3, 0.4) is 0 Å². The average Bonchev–Trinajstić information content (AvgIpc) is 3.10. The summed E-state index contributed by atoms with van der Waals surface area (Å²) in [5.41, 5.74) is 0. The number of esters is 1. The molecule has 4 heteroatoms. The molecule has 0 fully saturated rings. The highest BCUT2D eigenvalue weighted by Crippen LogP contribution is 2.19. The predicted molar refractivity (Wildman–Crippen MR) is 218 cm³/mol. The van der Waals surface area contributed by atoms with Gasteiger partial charge in [-0.1, -0.05) is 166 Å². The van der Waals surface area contributed by atoms with E-state index in [-0.39, 0.29) is 18.5 Å². The maximum absolute atomic E-state index is 12.7. The molecule has 0 aliphatic heterocycles. The van der Waals surface area contributed by atoms with Crippen molar-refractivity contribution in [1.29, 1.82) is 0 Å². The molecule has 0 radical (unpaired) electrons. The fourth-order valence-electron chi connectivity index (χ4n) is 6.56. The lowest BCUT2D eigenvalue weighted by Gasteiger charge is -2.18. The molecule has 1 unspecified atom stereocenters. The third-order valence-corrected chi connectivity index (χ3v) is 9.83. The zero-order chi connectivity index (χ0) is 36.4. The molecule has 0 aromatic heterocycles. The molecule has 1 N–H and O–H groups in total. The van der Waals surface area contributed by atoms with Crippen LogP contribution >= 0.6 is 0 Å². The molecule has 292 valence electrons. The summed E-state index contributed by atoms with van der Waals surface area (Å²) in [7, 11) is 0. The highest BCUT2D eigenvalue weighted by molar-refractivity contribution is 5.69. The van der Waals surface area contributed by atoms with Crippen molar-refractivity contribution in [2.45, 2.75) is 245 Å². The van der Waals surface area contributed by atoms with E-state index >= 15 is 0 Å². The van der Waals surface area contributed by atoms with Gasteiger partial charge in [0.2, 0.25) is 0 Å². The first-order valence-corrected chi connectivity index (χ1v) is 22.0. The van der Waals surface area contributed by atoms with Crippen molar-refractivity contribution in [3.63, 3.8) is 0 Å². The van der Waals surface area contributed by atoms with Crippen molar-refractivity contribution in [3.8, 4) is 0 Å². The number of allylic oxidation sites excluding steroid dienone is 6. The van der Waals surface area contributed by atoms with Crippen LogP contribution in [-0.4, -0.2) is 23.1 Å². The van der Waals surface area contributed by atoms with Crippen LogP contribution in [0, 0.1) is 0 Å². The molecule has 1 atom stereocenters. The molecule has 0 aliphatic carbocycles. The predicted octanol–water partition coefficient (Wildman–Crippen LogP) is 15.3. The minimum Gasteiger partial charge on any atom is -0.481 e. The van der Waals surface area contributed by atoms with Crippen LogP contribution in [0.25, 0.3) is 0 Å². The van der Waals surface area contributed by atoms with Crippen molar-refractivity contribution < 1.29 is 19.4 Å². The van der Waals surface area contributed by atoms with E-state index in [4.69, 9.17) is 9.84 Å². The second-order valence-electron chi connectivity index (χ2n) is 14.9. The maximum Gasteiger partial charge on any atom is 0.306 e. The summed E-state index contributed by atoms with van der Waals surface area (Å²) in [6, 6.07) is 0. The molecule has 4 nitrogen and oxygen atoms in total. The molecular formula is C46H84O4. The topological polar surface area (TPSA) is 63.6 Å². The molecule has 50 heavy (non-hydrogen) atoms. The molecule has 0 amide bonds. The van der Waals surface area contributed by atoms with Crippen molar-refractivity contribution >= 4 is 11.9 Å². The number of hydrogen-bond acceptors (Lipinski definition) is 3. The van der Waals surface area contributed by atoms with Gasteiger partial charge in [-0.05, 0) is 96.3 Å². The minimum atomic E-state index is -0.711. The van der Waals surface area contributed by atoms with E-state index in [1.54, 1.807) is 0 Å². The summed E-state index contributed by atoms with van der Waals surface area (Å²) >= 11 is 0.